The lowest BCUT2D eigenvalue weighted by Gasteiger charge is -2.24. The van der Waals surface area contributed by atoms with E-state index >= 15 is 0 Å². The van der Waals surface area contributed by atoms with Crippen LogP contribution in [-0.4, -0.2) is 52.4 Å². The molecule has 28 heavy (non-hydrogen) atoms. The predicted octanol–water partition coefficient (Wildman–Crippen LogP) is 3.27. The highest BCUT2D eigenvalue weighted by molar-refractivity contribution is 5.94. The van der Waals surface area contributed by atoms with Gasteiger partial charge in [0.2, 0.25) is 0 Å². The molecule has 1 amide bonds. The number of hydrogen-bond donors (Lipinski definition) is 0. The van der Waals surface area contributed by atoms with E-state index in [4.69, 9.17) is 0 Å². The lowest BCUT2D eigenvalue weighted by atomic mass is 10.2. The van der Waals surface area contributed by atoms with Crippen molar-refractivity contribution in [3.05, 3.63) is 89.8 Å². The van der Waals surface area contributed by atoms with E-state index in [9.17, 15) is 9.18 Å². The molecule has 0 aliphatic carbocycles. The van der Waals surface area contributed by atoms with E-state index in [-0.39, 0.29) is 5.91 Å². The van der Waals surface area contributed by atoms with Crippen molar-refractivity contribution in [2.75, 3.05) is 27.2 Å². The highest BCUT2D eigenvalue weighted by Crippen LogP contribution is 2.12. The standard InChI is InChI=1S/C22H25FN4O/c1-25(2)13-14-27(22(28)19-9-6-10-20(23)15-19)17-21-24-11-12-26(21)16-18-7-4-3-5-8-18/h3-12,15H,13-14,16-17H2,1-2H3. The first-order chi connectivity index (χ1) is 13.5. The second-order valence-corrected chi connectivity index (χ2v) is 7.00. The highest BCUT2D eigenvalue weighted by atomic mass is 19.1. The van der Waals surface area contributed by atoms with Crippen molar-refractivity contribution in [2.24, 2.45) is 0 Å². The quantitative estimate of drug-likeness (QED) is 0.602. The normalized spacial score (nSPS) is 11.0. The molecule has 0 aliphatic heterocycles. The van der Waals surface area contributed by atoms with E-state index in [0.29, 0.717) is 31.7 Å². The highest BCUT2D eigenvalue weighted by Gasteiger charge is 2.19. The molecule has 3 aromatic rings. The van der Waals surface area contributed by atoms with Gasteiger partial charge in [-0.2, -0.15) is 0 Å². The molecule has 0 radical (unpaired) electrons. The number of nitrogens with zero attached hydrogens (tertiary/aromatic N) is 4. The van der Waals surface area contributed by atoms with Crippen molar-refractivity contribution in [1.29, 1.82) is 0 Å². The number of likely N-dealkylation sites (N-methyl/N-ethyl adjacent to an activating group) is 1. The monoisotopic (exact) mass is 380 g/mol. The van der Waals surface area contributed by atoms with Crippen LogP contribution in [0.2, 0.25) is 0 Å². The van der Waals surface area contributed by atoms with E-state index in [0.717, 1.165) is 11.4 Å². The summed E-state index contributed by atoms with van der Waals surface area (Å²) in [5.74, 6) is 0.187. The van der Waals surface area contributed by atoms with Gasteiger partial charge in [0.25, 0.3) is 5.91 Å². The van der Waals surface area contributed by atoms with Gasteiger partial charge in [-0.15, -0.1) is 0 Å². The van der Waals surface area contributed by atoms with Crippen LogP contribution in [-0.2, 0) is 13.1 Å². The van der Waals surface area contributed by atoms with E-state index in [1.165, 1.54) is 12.1 Å². The molecule has 0 saturated heterocycles. The fourth-order valence-electron chi connectivity index (χ4n) is 2.96. The summed E-state index contributed by atoms with van der Waals surface area (Å²) in [6.07, 6.45) is 3.66. The lowest BCUT2D eigenvalue weighted by Crippen LogP contribution is -2.37. The molecule has 1 aromatic heterocycles. The van der Waals surface area contributed by atoms with Gasteiger partial charge in [-0.3, -0.25) is 4.79 Å². The molecule has 0 atom stereocenters. The van der Waals surface area contributed by atoms with Gasteiger partial charge in [0.1, 0.15) is 11.6 Å². The van der Waals surface area contributed by atoms with Crippen LogP contribution in [0, 0.1) is 5.82 Å². The first-order valence-electron chi connectivity index (χ1n) is 9.26. The number of carbonyl (C=O) groups is 1. The topological polar surface area (TPSA) is 41.4 Å². The van der Waals surface area contributed by atoms with Gasteiger partial charge in [0.15, 0.2) is 0 Å². The molecular weight excluding hydrogens is 355 g/mol. The first-order valence-corrected chi connectivity index (χ1v) is 9.26. The number of carbonyl (C=O) groups excluding carboxylic acids is 1. The smallest absolute Gasteiger partial charge is 0.254 e. The average Bonchev–Trinajstić information content (AvgIpc) is 3.12. The van der Waals surface area contributed by atoms with Gasteiger partial charge in [-0.1, -0.05) is 36.4 Å². The zero-order valence-electron chi connectivity index (χ0n) is 16.3. The van der Waals surface area contributed by atoms with Crippen molar-refractivity contribution in [3.8, 4) is 0 Å². The molecular formula is C22H25FN4O. The van der Waals surface area contributed by atoms with Gasteiger partial charge in [0.05, 0.1) is 6.54 Å². The van der Waals surface area contributed by atoms with Crippen LogP contribution in [0.5, 0.6) is 0 Å². The van der Waals surface area contributed by atoms with Gasteiger partial charge >= 0.3 is 0 Å². The summed E-state index contributed by atoms with van der Waals surface area (Å²) >= 11 is 0. The van der Waals surface area contributed by atoms with Crippen LogP contribution >= 0.6 is 0 Å². The number of hydrogen-bond acceptors (Lipinski definition) is 3. The summed E-state index contributed by atoms with van der Waals surface area (Å²) in [7, 11) is 3.92. The molecule has 1 heterocycles. The van der Waals surface area contributed by atoms with Gasteiger partial charge in [-0.25, -0.2) is 9.37 Å². The molecule has 0 saturated carbocycles. The van der Waals surface area contributed by atoms with Crippen molar-refractivity contribution in [1.82, 2.24) is 19.4 Å². The minimum Gasteiger partial charge on any atom is -0.330 e. The molecule has 2 aromatic carbocycles. The van der Waals surface area contributed by atoms with Gasteiger partial charge in [-0.05, 0) is 37.9 Å². The average molecular weight is 380 g/mol. The maximum atomic E-state index is 13.6. The van der Waals surface area contributed by atoms with Crippen molar-refractivity contribution in [3.63, 3.8) is 0 Å². The summed E-state index contributed by atoms with van der Waals surface area (Å²) < 4.78 is 15.6. The first kappa shape index (κ1) is 19.8. The molecule has 5 nitrogen and oxygen atoms in total. The van der Waals surface area contributed by atoms with Crippen LogP contribution < -0.4 is 0 Å². The maximum Gasteiger partial charge on any atom is 0.254 e. The number of imidazole rings is 1. The number of benzene rings is 2. The van der Waals surface area contributed by atoms with Crippen molar-refractivity contribution in [2.45, 2.75) is 13.1 Å². The van der Waals surface area contributed by atoms with Crippen LogP contribution in [0.25, 0.3) is 0 Å². The Balaban J connectivity index is 1.80. The molecule has 0 bridgehead atoms. The fourth-order valence-corrected chi connectivity index (χ4v) is 2.96. The predicted molar refractivity (Wildman–Crippen MR) is 107 cm³/mol. The maximum absolute atomic E-state index is 13.6. The number of aromatic nitrogens is 2. The van der Waals surface area contributed by atoms with Gasteiger partial charge < -0.3 is 14.4 Å². The van der Waals surface area contributed by atoms with Crippen molar-refractivity contribution >= 4 is 5.91 Å². The molecule has 0 spiro atoms. The second kappa shape index (κ2) is 9.28. The summed E-state index contributed by atoms with van der Waals surface area (Å²) in [6, 6.07) is 15.9. The van der Waals surface area contributed by atoms with Crippen LogP contribution in [0.4, 0.5) is 4.39 Å². The molecule has 0 aliphatic rings. The summed E-state index contributed by atoms with van der Waals surface area (Å²) in [5, 5.41) is 0. The third-order valence-corrected chi connectivity index (χ3v) is 4.51. The SMILES string of the molecule is CN(C)CCN(Cc1nccn1Cc1ccccc1)C(=O)c1cccc(F)c1. The van der Waals surface area contributed by atoms with Crippen LogP contribution in [0.3, 0.4) is 0 Å². The second-order valence-electron chi connectivity index (χ2n) is 7.00. The Morgan fingerprint density at radius 2 is 1.86 bits per heavy atom. The molecule has 3 rings (SSSR count). The van der Waals surface area contributed by atoms with Crippen molar-refractivity contribution < 1.29 is 9.18 Å². The van der Waals surface area contributed by atoms with Crippen LogP contribution in [0.15, 0.2) is 67.0 Å². The lowest BCUT2D eigenvalue weighted by molar-refractivity contribution is 0.0725. The number of halogens is 1. The largest absolute Gasteiger partial charge is 0.330 e. The Morgan fingerprint density at radius 3 is 2.57 bits per heavy atom. The number of amides is 1. The van der Waals surface area contributed by atoms with E-state index in [1.54, 1.807) is 23.2 Å². The summed E-state index contributed by atoms with van der Waals surface area (Å²) in [6.45, 7) is 2.29. The Morgan fingerprint density at radius 1 is 1.07 bits per heavy atom. The third-order valence-electron chi connectivity index (χ3n) is 4.51. The summed E-state index contributed by atoms with van der Waals surface area (Å²) in [4.78, 5) is 21.2. The molecule has 146 valence electrons. The Hall–Kier alpha value is -2.99. The molecule has 0 unspecified atom stereocenters. The van der Waals surface area contributed by atoms with Gasteiger partial charge in [0, 0.05) is 37.6 Å². The van der Waals surface area contributed by atoms with E-state index in [2.05, 4.69) is 17.1 Å². The Labute approximate surface area is 165 Å². The molecule has 0 N–H and O–H groups in total. The van der Waals surface area contributed by atoms with E-state index in [1.807, 2.05) is 48.0 Å². The fraction of sp³-hybridized carbons (Fsp3) is 0.273. The molecule has 0 fully saturated rings. The van der Waals surface area contributed by atoms with Crippen LogP contribution in [0.1, 0.15) is 21.7 Å². The minimum absolute atomic E-state index is 0.199. The molecule has 6 heteroatoms. The van der Waals surface area contributed by atoms with E-state index < -0.39 is 5.82 Å². The Kier molecular flexibility index (Phi) is 6.55. The third kappa shape index (κ3) is 5.27. The summed E-state index contributed by atoms with van der Waals surface area (Å²) in [5.41, 5.74) is 1.51. The minimum atomic E-state index is -0.413. The zero-order valence-corrected chi connectivity index (χ0v) is 16.3. The Bertz CT molecular complexity index is 908. The number of rotatable bonds is 8. The zero-order chi connectivity index (χ0) is 19.9.